The first kappa shape index (κ1) is 12.3. The first-order valence-electron chi connectivity index (χ1n) is 6.45. The van der Waals surface area contributed by atoms with Gasteiger partial charge in [-0.15, -0.1) is 0 Å². The summed E-state index contributed by atoms with van der Waals surface area (Å²) in [6, 6.07) is 4.17. The lowest BCUT2D eigenvalue weighted by atomic mass is 10.1. The molecule has 2 N–H and O–H groups in total. The Morgan fingerprint density at radius 2 is 1.40 bits per heavy atom. The van der Waals surface area contributed by atoms with Crippen LogP contribution >= 0.6 is 0 Å². The van der Waals surface area contributed by atoms with E-state index in [0.29, 0.717) is 0 Å². The van der Waals surface area contributed by atoms with Crippen molar-refractivity contribution in [1.29, 1.82) is 0 Å². The second-order valence-electron chi connectivity index (χ2n) is 4.63. The van der Waals surface area contributed by atoms with Crippen LogP contribution < -0.4 is 0 Å². The Labute approximate surface area is 117 Å². The topological polar surface area (TPSA) is 31.6 Å². The Kier molecular flexibility index (Phi) is 2.72. The Morgan fingerprint density at radius 3 is 2.00 bits per heavy atom. The van der Waals surface area contributed by atoms with Crippen LogP contribution in [0.15, 0.2) is 38.4 Å². The van der Waals surface area contributed by atoms with Gasteiger partial charge < -0.3 is 9.97 Å². The zero-order chi connectivity index (χ0) is 14.3. The smallest absolute Gasteiger partial charge is 0.0566 e. The standard InChI is InChI=1S/C18H16N2/c1-5-11-13-9-10-16-17(18(13)20-14(11)7-3)12(6-2)15(8-4)19-16/h5-10,19-20H,1-4H2. The van der Waals surface area contributed by atoms with Crippen molar-refractivity contribution in [1.82, 2.24) is 9.97 Å². The zero-order valence-corrected chi connectivity index (χ0v) is 11.3. The fourth-order valence-corrected chi connectivity index (χ4v) is 2.79. The molecule has 20 heavy (non-hydrogen) atoms. The number of hydrogen-bond acceptors (Lipinski definition) is 0. The number of nitrogens with one attached hydrogen (secondary N) is 2. The highest BCUT2D eigenvalue weighted by Crippen LogP contribution is 2.34. The molecule has 0 unspecified atom stereocenters. The second kappa shape index (κ2) is 4.42. The van der Waals surface area contributed by atoms with E-state index in [-0.39, 0.29) is 0 Å². The molecular formula is C18H16N2. The third-order valence-corrected chi connectivity index (χ3v) is 3.69. The predicted octanol–water partition coefficient (Wildman–Crippen LogP) is 5.22. The highest BCUT2D eigenvalue weighted by molar-refractivity contribution is 6.13. The molecule has 0 amide bonds. The van der Waals surface area contributed by atoms with Gasteiger partial charge in [0.15, 0.2) is 0 Å². The summed E-state index contributed by atoms with van der Waals surface area (Å²) in [6.07, 6.45) is 7.35. The molecule has 0 aliphatic rings. The molecule has 2 aromatic heterocycles. The van der Waals surface area contributed by atoms with Crippen LogP contribution in [0.5, 0.6) is 0 Å². The minimum absolute atomic E-state index is 0.984. The summed E-state index contributed by atoms with van der Waals surface area (Å²) in [4.78, 5) is 6.79. The molecule has 3 aromatic rings. The molecule has 0 fully saturated rings. The SMILES string of the molecule is C=Cc1[nH]c2c(ccc3[nH]c(C=C)c(C=C)c32)c1C=C. The van der Waals surface area contributed by atoms with Gasteiger partial charge >= 0.3 is 0 Å². The van der Waals surface area contributed by atoms with E-state index in [1.807, 2.05) is 24.3 Å². The van der Waals surface area contributed by atoms with Gasteiger partial charge in [-0.2, -0.15) is 0 Å². The van der Waals surface area contributed by atoms with Crippen LogP contribution in [0.1, 0.15) is 22.5 Å². The number of aromatic nitrogens is 2. The number of H-pyrrole nitrogens is 2. The molecule has 0 spiro atoms. The van der Waals surface area contributed by atoms with Crippen molar-refractivity contribution < 1.29 is 0 Å². The van der Waals surface area contributed by atoms with E-state index in [0.717, 1.165) is 44.3 Å². The molecule has 0 atom stereocenters. The fourth-order valence-electron chi connectivity index (χ4n) is 2.79. The van der Waals surface area contributed by atoms with Crippen molar-refractivity contribution in [3.63, 3.8) is 0 Å². The van der Waals surface area contributed by atoms with Gasteiger partial charge in [-0.1, -0.05) is 44.5 Å². The molecule has 0 aliphatic heterocycles. The molecule has 0 saturated heterocycles. The maximum absolute atomic E-state index is 3.92. The Balaban J connectivity index is 2.58. The van der Waals surface area contributed by atoms with E-state index in [1.165, 1.54) is 0 Å². The first-order valence-corrected chi connectivity index (χ1v) is 6.45. The van der Waals surface area contributed by atoms with Crippen LogP contribution in [0, 0.1) is 0 Å². The molecule has 2 nitrogen and oxygen atoms in total. The fraction of sp³-hybridized carbons (Fsp3) is 0. The van der Waals surface area contributed by atoms with E-state index in [9.17, 15) is 0 Å². The molecule has 98 valence electrons. The lowest BCUT2D eigenvalue weighted by Gasteiger charge is -1.97. The lowest BCUT2D eigenvalue weighted by molar-refractivity contribution is 1.43. The molecule has 0 bridgehead atoms. The zero-order valence-electron chi connectivity index (χ0n) is 11.3. The molecular weight excluding hydrogens is 244 g/mol. The van der Waals surface area contributed by atoms with Gasteiger partial charge in [-0.3, -0.25) is 0 Å². The largest absolute Gasteiger partial charge is 0.354 e. The molecule has 2 heteroatoms. The molecule has 3 rings (SSSR count). The van der Waals surface area contributed by atoms with Gasteiger partial charge in [0.05, 0.1) is 5.52 Å². The monoisotopic (exact) mass is 260 g/mol. The number of rotatable bonds is 4. The lowest BCUT2D eigenvalue weighted by Crippen LogP contribution is -1.75. The Bertz CT molecular complexity index is 872. The second-order valence-corrected chi connectivity index (χ2v) is 4.63. The highest BCUT2D eigenvalue weighted by Gasteiger charge is 2.14. The average molecular weight is 260 g/mol. The minimum atomic E-state index is 0.984. The van der Waals surface area contributed by atoms with Gasteiger partial charge in [0.1, 0.15) is 0 Å². The van der Waals surface area contributed by atoms with Crippen molar-refractivity contribution in [3.8, 4) is 0 Å². The van der Waals surface area contributed by atoms with Gasteiger partial charge in [0, 0.05) is 38.8 Å². The summed E-state index contributed by atoms with van der Waals surface area (Å²) >= 11 is 0. The number of fused-ring (bicyclic) bond motifs is 3. The number of aromatic amines is 2. The highest BCUT2D eigenvalue weighted by atomic mass is 14.8. The van der Waals surface area contributed by atoms with E-state index in [4.69, 9.17) is 0 Å². The van der Waals surface area contributed by atoms with E-state index >= 15 is 0 Å². The van der Waals surface area contributed by atoms with Crippen LogP contribution in [-0.4, -0.2) is 9.97 Å². The van der Waals surface area contributed by atoms with Crippen molar-refractivity contribution >= 4 is 46.1 Å². The quantitative estimate of drug-likeness (QED) is 0.644. The minimum Gasteiger partial charge on any atom is -0.354 e. The van der Waals surface area contributed by atoms with Crippen LogP contribution in [0.4, 0.5) is 0 Å². The molecule has 1 aromatic carbocycles. The maximum atomic E-state index is 3.92. The average Bonchev–Trinajstić information content (AvgIpc) is 3.02. The van der Waals surface area contributed by atoms with Crippen LogP contribution in [0.2, 0.25) is 0 Å². The predicted molar refractivity (Wildman–Crippen MR) is 90.5 cm³/mol. The molecule has 0 aliphatic carbocycles. The van der Waals surface area contributed by atoms with E-state index in [2.05, 4.69) is 48.4 Å². The van der Waals surface area contributed by atoms with Gasteiger partial charge in [0.2, 0.25) is 0 Å². The normalized spacial score (nSPS) is 10.8. The van der Waals surface area contributed by atoms with Crippen molar-refractivity contribution in [3.05, 3.63) is 61.0 Å². The summed E-state index contributed by atoms with van der Waals surface area (Å²) < 4.78 is 0. The van der Waals surface area contributed by atoms with Crippen molar-refractivity contribution in [2.24, 2.45) is 0 Å². The van der Waals surface area contributed by atoms with E-state index < -0.39 is 0 Å². The molecule has 0 radical (unpaired) electrons. The summed E-state index contributed by atoms with van der Waals surface area (Å²) in [5, 5.41) is 2.27. The number of benzene rings is 1. The van der Waals surface area contributed by atoms with E-state index in [1.54, 1.807) is 0 Å². The summed E-state index contributed by atoms with van der Waals surface area (Å²) in [7, 11) is 0. The summed E-state index contributed by atoms with van der Waals surface area (Å²) in [5.74, 6) is 0. The Hall–Kier alpha value is -2.74. The van der Waals surface area contributed by atoms with Crippen molar-refractivity contribution in [2.75, 3.05) is 0 Å². The van der Waals surface area contributed by atoms with Gasteiger partial charge in [0.25, 0.3) is 0 Å². The van der Waals surface area contributed by atoms with Gasteiger partial charge in [-0.25, -0.2) is 0 Å². The van der Waals surface area contributed by atoms with Crippen LogP contribution in [-0.2, 0) is 0 Å². The van der Waals surface area contributed by atoms with Crippen LogP contribution in [0.3, 0.4) is 0 Å². The Morgan fingerprint density at radius 1 is 0.750 bits per heavy atom. The molecule has 0 saturated carbocycles. The first-order chi connectivity index (χ1) is 9.74. The molecule has 2 heterocycles. The van der Waals surface area contributed by atoms with Crippen molar-refractivity contribution in [2.45, 2.75) is 0 Å². The summed E-state index contributed by atoms with van der Waals surface area (Å²) in [5.41, 5.74) is 6.25. The van der Waals surface area contributed by atoms with Crippen LogP contribution in [0.25, 0.3) is 46.1 Å². The maximum Gasteiger partial charge on any atom is 0.0566 e. The van der Waals surface area contributed by atoms with Gasteiger partial charge in [-0.05, 0) is 18.2 Å². The summed E-state index contributed by atoms with van der Waals surface area (Å²) in [6.45, 7) is 15.5. The third-order valence-electron chi connectivity index (χ3n) is 3.69. The third kappa shape index (κ3) is 1.45. The number of hydrogen-bond donors (Lipinski definition) is 2.